The third kappa shape index (κ3) is 3.92. The van der Waals surface area contributed by atoms with Crippen LogP contribution in [0.4, 0.5) is 0 Å². The van der Waals surface area contributed by atoms with Gasteiger partial charge in [-0.2, -0.15) is 0 Å². The second kappa shape index (κ2) is 6.86. The van der Waals surface area contributed by atoms with E-state index in [4.69, 9.17) is 16.3 Å². The van der Waals surface area contributed by atoms with Crippen LogP contribution in [0.5, 0.6) is 5.75 Å². The lowest BCUT2D eigenvalue weighted by molar-refractivity contribution is 0.363. The lowest BCUT2D eigenvalue weighted by atomic mass is 9.91. The topological polar surface area (TPSA) is 55.4 Å². The Morgan fingerprint density at radius 3 is 2.76 bits per heavy atom. The maximum Gasteiger partial charge on any atom is 0.150 e. The Morgan fingerprint density at radius 2 is 2.24 bits per heavy atom. The molecular formula is C14H19BrClNO3S. The largest absolute Gasteiger partial charge is 0.495 e. The van der Waals surface area contributed by atoms with Gasteiger partial charge in [-0.15, -0.1) is 0 Å². The predicted molar refractivity (Wildman–Crippen MR) is 88.9 cm³/mol. The molecule has 0 radical (unpaired) electrons. The Bertz CT molecular complexity index is 621. The maximum absolute atomic E-state index is 11.8. The zero-order valence-corrected chi connectivity index (χ0v) is 15.2. The molecule has 0 saturated carbocycles. The summed E-state index contributed by atoms with van der Waals surface area (Å²) >= 11 is 9.61. The van der Waals surface area contributed by atoms with E-state index in [1.54, 1.807) is 13.2 Å². The molecule has 1 aromatic carbocycles. The summed E-state index contributed by atoms with van der Waals surface area (Å²) in [5.41, 5.74) is 0.904. The van der Waals surface area contributed by atoms with E-state index in [1.165, 1.54) is 0 Å². The number of nitrogens with one attached hydrogen (secondary N) is 1. The summed E-state index contributed by atoms with van der Waals surface area (Å²) < 4.78 is 29.8. The number of benzene rings is 1. The van der Waals surface area contributed by atoms with E-state index in [-0.39, 0.29) is 23.5 Å². The highest BCUT2D eigenvalue weighted by molar-refractivity contribution is 9.10. The number of hydrogen-bond acceptors (Lipinski definition) is 4. The van der Waals surface area contributed by atoms with E-state index in [9.17, 15) is 8.42 Å². The molecule has 1 aromatic rings. The summed E-state index contributed by atoms with van der Waals surface area (Å²) in [4.78, 5) is 0. The molecule has 1 fully saturated rings. The molecule has 1 heterocycles. The molecule has 0 amide bonds. The zero-order chi connectivity index (χ0) is 15.6. The minimum atomic E-state index is -2.93. The Hall–Kier alpha value is -0.300. The van der Waals surface area contributed by atoms with E-state index < -0.39 is 9.84 Å². The van der Waals surface area contributed by atoms with Gasteiger partial charge < -0.3 is 10.1 Å². The number of sulfone groups is 1. The van der Waals surface area contributed by atoms with Crippen LogP contribution in [-0.2, 0) is 9.84 Å². The highest BCUT2D eigenvalue weighted by Gasteiger charge is 2.35. The van der Waals surface area contributed by atoms with Gasteiger partial charge in [0.15, 0.2) is 9.84 Å². The minimum Gasteiger partial charge on any atom is -0.495 e. The van der Waals surface area contributed by atoms with Gasteiger partial charge in [0, 0.05) is 16.6 Å². The molecule has 2 unspecified atom stereocenters. The quantitative estimate of drug-likeness (QED) is 0.830. The highest BCUT2D eigenvalue weighted by Crippen LogP contribution is 2.41. The summed E-state index contributed by atoms with van der Waals surface area (Å²) in [6.45, 7) is 2.75. The zero-order valence-electron chi connectivity index (χ0n) is 12.0. The van der Waals surface area contributed by atoms with Crippen LogP contribution < -0.4 is 10.1 Å². The fourth-order valence-corrected chi connectivity index (χ4v) is 5.70. The molecule has 0 bridgehead atoms. The van der Waals surface area contributed by atoms with Crippen molar-refractivity contribution in [2.75, 3.05) is 25.2 Å². The molecule has 2 rings (SSSR count). The molecule has 0 spiro atoms. The molecule has 21 heavy (non-hydrogen) atoms. The predicted octanol–water partition coefficient (Wildman–Crippen LogP) is 3.20. The van der Waals surface area contributed by atoms with Gasteiger partial charge in [0.1, 0.15) is 5.75 Å². The number of ether oxygens (including phenoxy) is 1. The van der Waals surface area contributed by atoms with E-state index in [0.717, 1.165) is 16.6 Å². The fraction of sp³-hybridized carbons (Fsp3) is 0.571. The lowest BCUT2D eigenvalue weighted by Gasteiger charge is -2.26. The summed E-state index contributed by atoms with van der Waals surface area (Å²) in [6.07, 6.45) is 0.660. The van der Waals surface area contributed by atoms with Crippen molar-refractivity contribution in [3.05, 3.63) is 27.2 Å². The van der Waals surface area contributed by atoms with Crippen LogP contribution in [0.2, 0.25) is 5.02 Å². The van der Waals surface area contributed by atoms with Gasteiger partial charge in [-0.25, -0.2) is 8.42 Å². The SMILES string of the molecule is CCNC(c1cc(Cl)cc(Br)c1OC)C1CCS(=O)(=O)C1. The van der Waals surface area contributed by atoms with Crippen molar-refractivity contribution >= 4 is 37.4 Å². The van der Waals surface area contributed by atoms with Gasteiger partial charge in [-0.05, 0) is 46.9 Å². The number of hydrogen-bond donors (Lipinski definition) is 1. The first kappa shape index (κ1) is 17.1. The first-order chi connectivity index (χ1) is 9.88. The number of halogens is 2. The molecule has 1 saturated heterocycles. The first-order valence-electron chi connectivity index (χ1n) is 6.84. The molecule has 0 aromatic heterocycles. The normalized spacial score (nSPS) is 22.2. The summed E-state index contributed by atoms with van der Waals surface area (Å²) in [5.74, 6) is 1.20. The summed E-state index contributed by atoms with van der Waals surface area (Å²) in [6, 6.07) is 3.54. The summed E-state index contributed by atoms with van der Waals surface area (Å²) in [5, 5.41) is 3.98. The van der Waals surface area contributed by atoms with Crippen LogP contribution in [0.3, 0.4) is 0 Å². The first-order valence-corrected chi connectivity index (χ1v) is 9.84. The van der Waals surface area contributed by atoms with E-state index in [1.807, 2.05) is 13.0 Å². The highest BCUT2D eigenvalue weighted by atomic mass is 79.9. The van der Waals surface area contributed by atoms with E-state index in [0.29, 0.717) is 17.2 Å². The third-order valence-corrected chi connectivity index (χ3v) is 6.34. The van der Waals surface area contributed by atoms with Crippen molar-refractivity contribution in [1.29, 1.82) is 0 Å². The van der Waals surface area contributed by atoms with Crippen molar-refractivity contribution in [1.82, 2.24) is 5.32 Å². The average molecular weight is 397 g/mol. The van der Waals surface area contributed by atoms with Crippen molar-refractivity contribution < 1.29 is 13.2 Å². The van der Waals surface area contributed by atoms with Gasteiger partial charge in [-0.1, -0.05) is 18.5 Å². The van der Waals surface area contributed by atoms with Crippen LogP contribution in [0.15, 0.2) is 16.6 Å². The van der Waals surface area contributed by atoms with Crippen molar-refractivity contribution in [2.45, 2.75) is 19.4 Å². The molecule has 1 N–H and O–H groups in total. The van der Waals surface area contributed by atoms with Gasteiger partial charge in [0.25, 0.3) is 0 Å². The van der Waals surface area contributed by atoms with Crippen LogP contribution in [0.25, 0.3) is 0 Å². The Kier molecular flexibility index (Phi) is 5.57. The second-order valence-electron chi connectivity index (χ2n) is 5.21. The molecule has 1 aliphatic heterocycles. The molecule has 0 aliphatic carbocycles. The van der Waals surface area contributed by atoms with Crippen LogP contribution in [0.1, 0.15) is 24.9 Å². The van der Waals surface area contributed by atoms with Gasteiger partial charge in [0.2, 0.25) is 0 Å². The van der Waals surface area contributed by atoms with Gasteiger partial charge >= 0.3 is 0 Å². The number of rotatable bonds is 5. The molecule has 4 nitrogen and oxygen atoms in total. The van der Waals surface area contributed by atoms with Crippen LogP contribution >= 0.6 is 27.5 Å². The molecule has 2 atom stereocenters. The molecule has 118 valence electrons. The molecule has 1 aliphatic rings. The monoisotopic (exact) mass is 395 g/mol. The fourth-order valence-electron chi connectivity index (χ4n) is 2.86. The third-order valence-electron chi connectivity index (χ3n) is 3.74. The van der Waals surface area contributed by atoms with E-state index >= 15 is 0 Å². The van der Waals surface area contributed by atoms with Gasteiger partial charge in [-0.3, -0.25) is 0 Å². The maximum atomic E-state index is 11.8. The Labute approximate surface area is 139 Å². The Balaban J connectivity index is 2.43. The smallest absolute Gasteiger partial charge is 0.150 e. The van der Waals surface area contributed by atoms with Crippen molar-refractivity contribution in [3.63, 3.8) is 0 Å². The lowest BCUT2D eigenvalue weighted by Crippen LogP contribution is -2.29. The van der Waals surface area contributed by atoms with Crippen molar-refractivity contribution in [3.8, 4) is 5.75 Å². The Morgan fingerprint density at radius 1 is 1.52 bits per heavy atom. The summed E-state index contributed by atoms with van der Waals surface area (Å²) in [7, 11) is -1.33. The molecule has 7 heteroatoms. The van der Waals surface area contributed by atoms with Crippen molar-refractivity contribution in [2.24, 2.45) is 5.92 Å². The molecular weight excluding hydrogens is 378 g/mol. The average Bonchev–Trinajstić information content (AvgIpc) is 2.75. The van der Waals surface area contributed by atoms with Gasteiger partial charge in [0.05, 0.1) is 23.1 Å². The van der Waals surface area contributed by atoms with Crippen LogP contribution in [0, 0.1) is 5.92 Å². The standard InChI is InChI=1S/C14H19BrClNO3S/c1-3-17-13(9-4-5-21(18,19)8-9)11-6-10(16)7-12(15)14(11)20-2/h6-7,9,13,17H,3-5,8H2,1-2H3. The van der Waals surface area contributed by atoms with E-state index in [2.05, 4.69) is 21.2 Å². The van der Waals surface area contributed by atoms with Crippen LogP contribution in [-0.4, -0.2) is 33.6 Å². The number of methoxy groups -OCH3 is 1. The second-order valence-corrected chi connectivity index (χ2v) is 8.73. The minimum absolute atomic E-state index is 0.0363.